The molecule has 0 aliphatic heterocycles. The molecule has 0 spiro atoms. The average molecular weight is 252 g/mol. The van der Waals surface area contributed by atoms with E-state index in [1.165, 1.54) is 12.4 Å². The second-order valence-electron chi connectivity index (χ2n) is 5.11. The van der Waals surface area contributed by atoms with Crippen molar-refractivity contribution in [2.75, 3.05) is 0 Å². The quantitative estimate of drug-likeness (QED) is 0.759. The molecule has 0 aliphatic rings. The van der Waals surface area contributed by atoms with Gasteiger partial charge in [0, 0.05) is 6.42 Å². The third-order valence-corrected chi connectivity index (χ3v) is 2.18. The van der Waals surface area contributed by atoms with Crippen molar-refractivity contribution in [2.45, 2.75) is 27.2 Å². The van der Waals surface area contributed by atoms with Gasteiger partial charge in [-0.05, 0) is 5.41 Å². The van der Waals surface area contributed by atoms with E-state index in [1.807, 2.05) is 20.8 Å². The van der Waals surface area contributed by atoms with Crippen LogP contribution in [0.2, 0.25) is 0 Å². The fourth-order valence-corrected chi connectivity index (χ4v) is 1.44. The predicted molar refractivity (Wildman–Crippen MR) is 59.4 cm³/mol. The first-order chi connectivity index (χ1) is 8.38. The summed E-state index contributed by atoms with van der Waals surface area (Å²) in [6, 6.07) is -0.752. The molecular formula is C10H13FN6O. The third-order valence-electron chi connectivity index (χ3n) is 2.18. The molecule has 0 bridgehead atoms. The summed E-state index contributed by atoms with van der Waals surface area (Å²) in [5, 5.41) is 14.1. The van der Waals surface area contributed by atoms with Gasteiger partial charge < -0.3 is 0 Å². The molecule has 2 aromatic rings. The fourth-order valence-electron chi connectivity index (χ4n) is 1.44. The van der Waals surface area contributed by atoms with Crippen LogP contribution in [0.25, 0.3) is 0 Å². The Hall–Kier alpha value is -2.12. The fraction of sp³-hybridized carbons (Fsp3) is 0.500. The van der Waals surface area contributed by atoms with Crippen molar-refractivity contribution in [3.63, 3.8) is 0 Å². The molecule has 0 unspecified atom stereocenters. The second-order valence-corrected chi connectivity index (χ2v) is 5.11. The minimum Gasteiger partial charge on any atom is -0.243 e. The van der Waals surface area contributed by atoms with Crippen LogP contribution in [0.15, 0.2) is 12.4 Å². The van der Waals surface area contributed by atoms with Crippen molar-refractivity contribution in [3.05, 3.63) is 24.0 Å². The smallest absolute Gasteiger partial charge is 0.243 e. The maximum atomic E-state index is 14.0. The minimum atomic E-state index is -0.759. The molecule has 0 saturated carbocycles. The second kappa shape index (κ2) is 4.28. The van der Waals surface area contributed by atoms with E-state index in [1.54, 1.807) is 0 Å². The molecule has 0 radical (unpaired) electrons. The Balaban J connectivity index is 2.29. The highest BCUT2D eigenvalue weighted by molar-refractivity contribution is 5.77. The summed E-state index contributed by atoms with van der Waals surface area (Å²) >= 11 is 0. The molecule has 18 heavy (non-hydrogen) atoms. The van der Waals surface area contributed by atoms with Crippen molar-refractivity contribution >= 4 is 6.03 Å². The monoisotopic (exact) mass is 252 g/mol. The Morgan fingerprint density at radius 3 is 2.67 bits per heavy atom. The standard InChI is InChI=1S/C10H13FN6O/c1-10(2,3)6-7-8(11)17(15-13-7)9(18)16-5-4-12-14-16/h4-5H,6H2,1-3H3. The van der Waals surface area contributed by atoms with Crippen LogP contribution in [0.1, 0.15) is 26.5 Å². The van der Waals surface area contributed by atoms with Crippen LogP contribution < -0.4 is 0 Å². The summed E-state index contributed by atoms with van der Waals surface area (Å²) in [5.41, 5.74) is 0.0221. The summed E-state index contributed by atoms with van der Waals surface area (Å²) in [6.45, 7) is 5.85. The summed E-state index contributed by atoms with van der Waals surface area (Å²) in [4.78, 5) is 11.8. The van der Waals surface area contributed by atoms with E-state index >= 15 is 0 Å². The van der Waals surface area contributed by atoms with Crippen molar-refractivity contribution in [2.24, 2.45) is 5.41 Å². The van der Waals surface area contributed by atoms with Crippen molar-refractivity contribution in [1.29, 1.82) is 0 Å². The van der Waals surface area contributed by atoms with Crippen LogP contribution in [0.4, 0.5) is 9.18 Å². The van der Waals surface area contributed by atoms with Crippen molar-refractivity contribution in [1.82, 2.24) is 30.0 Å². The zero-order valence-corrected chi connectivity index (χ0v) is 10.3. The number of nitrogens with zero attached hydrogens (tertiary/aromatic N) is 6. The Kier molecular flexibility index (Phi) is 2.93. The first kappa shape index (κ1) is 12.3. The SMILES string of the molecule is CC(C)(C)Cc1nnn(C(=O)n2ccnn2)c1F. The number of carbonyl (C=O) groups excluding carboxylic acids is 1. The molecule has 2 aromatic heterocycles. The lowest BCUT2D eigenvalue weighted by atomic mass is 9.91. The lowest BCUT2D eigenvalue weighted by Gasteiger charge is -2.15. The van der Waals surface area contributed by atoms with E-state index in [4.69, 9.17) is 0 Å². The molecular weight excluding hydrogens is 239 g/mol. The molecule has 0 aromatic carbocycles. The Morgan fingerprint density at radius 1 is 1.39 bits per heavy atom. The zero-order chi connectivity index (χ0) is 13.3. The molecule has 0 N–H and O–H groups in total. The summed E-state index contributed by atoms with van der Waals surface area (Å²) in [5.74, 6) is -0.759. The van der Waals surface area contributed by atoms with E-state index in [0.29, 0.717) is 11.1 Å². The molecule has 7 nitrogen and oxygen atoms in total. The van der Waals surface area contributed by atoms with Gasteiger partial charge in [0.05, 0.1) is 12.4 Å². The van der Waals surface area contributed by atoms with Gasteiger partial charge in [-0.2, -0.15) is 9.07 Å². The molecule has 8 heteroatoms. The number of rotatable bonds is 1. The lowest BCUT2D eigenvalue weighted by Crippen LogP contribution is -2.23. The largest absolute Gasteiger partial charge is 0.374 e. The molecule has 2 rings (SSSR count). The maximum absolute atomic E-state index is 14.0. The summed E-state index contributed by atoms with van der Waals surface area (Å²) in [7, 11) is 0. The minimum absolute atomic E-state index is 0.141. The van der Waals surface area contributed by atoms with Gasteiger partial charge in [0.25, 0.3) is 0 Å². The number of hydrogen-bond donors (Lipinski definition) is 0. The van der Waals surface area contributed by atoms with Gasteiger partial charge in [-0.3, -0.25) is 0 Å². The van der Waals surface area contributed by atoms with Crippen LogP contribution in [0.3, 0.4) is 0 Å². The van der Waals surface area contributed by atoms with E-state index in [2.05, 4.69) is 20.6 Å². The molecule has 0 saturated heterocycles. The Labute approximate surface area is 103 Å². The van der Waals surface area contributed by atoms with Gasteiger partial charge in [0.2, 0.25) is 5.95 Å². The summed E-state index contributed by atoms with van der Waals surface area (Å²) in [6.07, 6.45) is 3.03. The molecule has 0 fully saturated rings. The van der Waals surface area contributed by atoms with Gasteiger partial charge in [-0.25, -0.2) is 4.79 Å². The Morgan fingerprint density at radius 2 is 2.11 bits per heavy atom. The van der Waals surface area contributed by atoms with Gasteiger partial charge in [-0.15, -0.1) is 14.9 Å². The highest BCUT2D eigenvalue weighted by Gasteiger charge is 2.23. The molecule has 0 aliphatic carbocycles. The van der Waals surface area contributed by atoms with E-state index in [9.17, 15) is 9.18 Å². The molecule has 0 amide bonds. The first-order valence-corrected chi connectivity index (χ1v) is 5.39. The van der Waals surface area contributed by atoms with Crippen molar-refractivity contribution < 1.29 is 9.18 Å². The van der Waals surface area contributed by atoms with Crippen LogP contribution in [-0.2, 0) is 6.42 Å². The van der Waals surface area contributed by atoms with Crippen molar-refractivity contribution in [3.8, 4) is 0 Å². The van der Waals surface area contributed by atoms with Gasteiger partial charge >= 0.3 is 6.03 Å². The lowest BCUT2D eigenvalue weighted by molar-refractivity contribution is 0.233. The normalized spacial score (nSPS) is 11.8. The van der Waals surface area contributed by atoms with E-state index < -0.39 is 12.0 Å². The molecule has 0 atom stereocenters. The number of hydrogen-bond acceptors (Lipinski definition) is 5. The Bertz CT molecular complexity index is 553. The van der Waals surface area contributed by atoms with Gasteiger partial charge in [0.1, 0.15) is 5.69 Å². The highest BCUT2D eigenvalue weighted by Crippen LogP contribution is 2.20. The topological polar surface area (TPSA) is 78.5 Å². The van der Waals surface area contributed by atoms with Gasteiger partial charge in [0.15, 0.2) is 0 Å². The van der Waals surface area contributed by atoms with Crippen LogP contribution >= 0.6 is 0 Å². The zero-order valence-electron chi connectivity index (χ0n) is 10.3. The molecule has 2 heterocycles. The highest BCUT2D eigenvalue weighted by atomic mass is 19.1. The average Bonchev–Trinajstić information content (AvgIpc) is 2.87. The van der Waals surface area contributed by atoms with Gasteiger partial charge in [-0.1, -0.05) is 31.2 Å². The van der Waals surface area contributed by atoms with Crippen LogP contribution in [0, 0.1) is 11.4 Å². The first-order valence-electron chi connectivity index (χ1n) is 5.39. The molecule has 96 valence electrons. The van der Waals surface area contributed by atoms with E-state index in [-0.39, 0.29) is 11.1 Å². The number of halogens is 1. The predicted octanol–water partition coefficient (Wildman–Crippen LogP) is 1.11. The van der Waals surface area contributed by atoms with E-state index in [0.717, 1.165) is 4.68 Å². The van der Waals surface area contributed by atoms with Crippen LogP contribution in [0.5, 0.6) is 0 Å². The van der Waals surface area contributed by atoms with Crippen LogP contribution in [-0.4, -0.2) is 36.0 Å². The number of aromatic nitrogens is 6. The summed E-state index contributed by atoms with van der Waals surface area (Å²) < 4.78 is 15.4. The number of carbonyl (C=O) groups is 1. The maximum Gasteiger partial charge on any atom is 0.374 e. The third kappa shape index (κ3) is 2.41.